The number of nitrogens with one attached hydrogen (secondary N) is 1. The number of hydrogen-bond donors (Lipinski definition) is 5. The molecule has 3 aliphatic rings. The number of nitriles is 1. The van der Waals surface area contributed by atoms with Crippen LogP contribution in [0.5, 0.6) is 5.88 Å². The van der Waals surface area contributed by atoms with E-state index in [-0.39, 0.29) is 30.3 Å². The highest BCUT2D eigenvalue weighted by atomic mass is 19.4. The van der Waals surface area contributed by atoms with Crippen LogP contribution in [0.1, 0.15) is 50.0 Å². The maximum atomic E-state index is 13.6. The summed E-state index contributed by atoms with van der Waals surface area (Å²) in [4.78, 5) is 50.2. The highest BCUT2D eigenvalue weighted by molar-refractivity contribution is 5.90. The van der Waals surface area contributed by atoms with E-state index in [1.165, 1.54) is 12.4 Å². The number of hydrogen-bond acceptors (Lipinski definition) is 13. The van der Waals surface area contributed by atoms with Gasteiger partial charge in [0.05, 0.1) is 36.2 Å². The van der Waals surface area contributed by atoms with Gasteiger partial charge < -0.3 is 30.1 Å². The van der Waals surface area contributed by atoms with Crippen molar-refractivity contribution in [1.29, 1.82) is 5.26 Å². The Labute approximate surface area is 362 Å². The van der Waals surface area contributed by atoms with E-state index < -0.39 is 60.1 Å². The normalized spacial score (nSPS) is 20.0. The Morgan fingerprint density at radius 2 is 1.44 bits per heavy atom. The van der Waals surface area contributed by atoms with Crippen molar-refractivity contribution in [1.82, 2.24) is 44.5 Å². The first-order valence-electron chi connectivity index (χ1n) is 18.9. The molecular weight excluding hydrogens is 928 g/mol. The van der Waals surface area contributed by atoms with Crippen LogP contribution in [-0.4, -0.2) is 146 Å². The third kappa shape index (κ3) is 14.3. The van der Waals surface area contributed by atoms with Crippen LogP contribution < -0.4 is 4.74 Å². The van der Waals surface area contributed by atoms with E-state index in [1.807, 2.05) is 28.0 Å². The van der Waals surface area contributed by atoms with Gasteiger partial charge in [0.1, 0.15) is 23.6 Å². The Bertz CT molecular complexity index is 2280. The van der Waals surface area contributed by atoms with E-state index >= 15 is 0 Å². The van der Waals surface area contributed by atoms with Crippen molar-refractivity contribution < 1.29 is 92.2 Å². The van der Waals surface area contributed by atoms with Crippen molar-refractivity contribution in [2.45, 2.75) is 93.6 Å². The largest absolute Gasteiger partial charge is 0.490 e. The molecule has 1 aliphatic carbocycles. The van der Waals surface area contributed by atoms with Crippen molar-refractivity contribution >= 4 is 28.9 Å². The van der Waals surface area contributed by atoms with E-state index in [9.17, 15) is 63.1 Å². The van der Waals surface area contributed by atoms with Gasteiger partial charge in [-0.2, -0.15) is 68.0 Å². The molecule has 2 aliphatic heterocycles. The van der Waals surface area contributed by atoms with Crippen LogP contribution in [0.25, 0.3) is 22.3 Å². The number of carboxylic acids is 3. The number of aliphatic carboxylic acids is 3. The lowest BCUT2D eigenvalue weighted by molar-refractivity contribution is -0.193. The van der Waals surface area contributed by atoms with Crippen molar-refractivity contribution in [2.24, 2.45) is 0 Å². The minimum atomic E-state index is -5.08. The topological polar surface area (TPSA) is 257 Å². The molecule has 0 aromatic carbocycles. The summed E-state index contributed by atoms with van der Waals surface area (Å²) in [6.45, 7) is 2.55. The maximum absolute atomic E-state index is 13.6. The minimum Gasteiger partial charge on any atom is -0.475 e. The van der Waals surface area contributed by atoms with Crippen molar-refractivity contribution in [2.75, 3.05) is 26.2 Å². The Morgan fingerprint density at radius 3 is 1.94 bits per heavy atom. The molecule has 0 radical (unpaired) electrons. The van der Waals surface area contributed by atoms with Gasteiger partial charge in [0.2, 0.25) is 11.7 Å². The number of aromatic amines is 1. The fraction of sp³-hybridized carbons (Fsp3) is 0.528. The molecule has 6 heterocycles. The van der Waals surface area contributed by atoms with Gasteiger partial charge >= 0.3 is 42.6 Å². The van der Waals surface area contributed by atoms with Gasteiger partial charge in [0.25, 0.3) is 0 Å². The van der Waals surface area contributed by atoms with Crippen molar-refractivity contribution in [3.05, 3.63) is 48.6 Å². The van der Waals surface area contributed by atoms with Crippen LogP contribution in [0, 0.1) is 11.3 Å². The summed E-state index contributed by atoms with van der Waals surface area (Å²) in [5, 5.41) is 46.4. The lowest BCUT2D eigenvalue weighted by Crippen LogP contribution is -2.65. The fourth-order valence-corrected chi connectivity index (χ4v) is 6.88. The standard InChI is InChI=1S/C30H33F3N10O2.3C2HF3O2/c31-30(32,33)28-39-20(14-41-10-6-22(44)15-41)11-25(40-28)45-23-3-1-21(2-4-23)42-16-29(17-42,7-8-34)43-13-19(12-38-43)26-24-5-9-35-27(24)37-18-36-26;3*3-2(4,5)1(6)7/h5,9,11-13,18,21-23,44H,1-4,6-7,10,14-17H2,(H,35,36,37);3*(H,6,7)/t21?,22-,23?;;;/m0.../s1. The lowest BCUT2D eigenvalue weighted by Gasteiger charge is -2.53. The number of ether oxygens (including phenoxy) is 1. The number of likely N-dealkylation sites (tertiary alicyclic amines) is 2. The summed E-state index contributed by atoms with van der Waals surface area (Å²) in [7, 11) is 0. The van der Waals surface area contributed by atoms with Gasteiger partial charge in [-0.1, -0.05) is 0 Å². The first-order valence-corrected chi connectivity index (χ1v) is 18.9. The Kier molecular flexibility index (Phi) is 16.5. The number of aliphatic hydroxyl groups excluding tert-OH is 1. The zero-order valence-electron chi connectivity index (χ0n) is 33.5. The van der Waals surface area contributed by atoms with E-state index in [0.717, 1.165) is 35.1 Å². The van der Waals surface area contributed by atoms with Gasteiger partial charge in [0.15, 0.2) is 0 Å². The number of fused-ring (bicyclic) bond motifs is 1. The molecule has 30 heteroatoms. The molecule has 0 spiro atoms. The second-order valence-electron chi connectivity index (χ2n) is 14.8. The fourth-order valence-electron chi connectivity index (χ4n) is 6.88. The average Bonchev–Trinajstić information content (AvgIpc) is 3.98. The molecule has 1 saturated carbocycles. The number of alkyl halides is 12. The van der Waals surface area contributed by atoms with Crippen LogP contribution in [0.15, 0.2) is 37.1 Å². The molecule has 2 saturated heterocycles. The molecule has 7 rings (SSSR count). The highest BCUT2D eigenvalue weighted by Gasteiger charge is 2.48. The minimum absolute atomic E-state index is 0.0670. The molecule has 0 unspecified atom stereocenters. The monoisotopic (exact) mass is 964 g/mol. The number of carbonyl (C=O) groups is 3. The summed E-state index contributed by atoms with van der Waals surface area (Å²) >= 11 is 0. The van der Waals surface area contributed by atoms with Gasteiger partial charge in [-0.15, -0.1) is 0 Å². The first-order chi connectivity index (χ1) is 30.5. The van der Waals surface area contributed by atoms with Gasteiger partial charge in [-0.25, -0.2) is 29.3 Å². The third-order valence-electron chi connectivity index (χ3n) is 9.92. The molecule has 4 aromatic heterocycles. The molecule has 66 heavy (non-hydrogen) atoms. The summed E-state index contributed by atoms with van der Waals surface area (Å²) < 4.78 is 144. The number of rotatable bonds is 8. The van der Waals surface area contributed by atoms with Crippen molar-refractivity contribution in [3.8, 4) is 23.2 Å². The molecule has 3 fully saturated rings. The van der Waals surface area contributed by atoms with Crippen LogP contribution >= 0.6 is 0 Å². The average molecular weight is 965 g/mol. The second kappa shape index (κ2) is 20.9. The Balaban J connectivity index is 0.000000377. The van der Waals surface area contributed by atoms with Crippen LogP contribution in [-0.2, 0) is 32.6 Å². The molecule has 1 atom stereocenters. The SMILES string of the molecule is N#CCC1(n2cc(-c3ncnc4[nH]ccc34)cn2)CN(C2CCC(Oc3cc(CN4CC[C@H](O)C4)nc(C(F)(F)F)n3)CC2)C1.O=C(O)C(F)(F)F.O=C(O)C(F)(F)F.O=C(O)C(F)(F)F. The quantitative estimate of drug-likeness (QED) is 0.138. The summed E-state index contributed by atoms with van der Waals surface area (Å²) in [5.41, 5.74) is 2.17. The molecule has 0 amide bonds. The second-order valence-corrected chi connectivity index (χ2v) is 14.8. The number of nitrogens with zero attached hydrogens (tertiary/aromatic N) is 9. The smallest absolute Gasteiger partial charge is 0.475 e. The molecule has 0 bridgehead atoms. The predicted octanol–water partition coefficient (Wildman–Crippen LogP) is 5.41. The van der Waals surface area contributed by atoms with Gasteiger partial charge in [0, 0.05) is 68.2 Å². The summed E-state index contributed by atoms with van der Waals surface area (Å²) in [5.74, 6) is -9.55. The molecule has 4 aromatic rings. The Morgan fingerprint density at radius 1 is 0.864 bits per heavy atom. The maximum Gasteiger partial charge on any atom is 0.490 e. The summed E-state index contributed by atoms with van der Waals surface area (Å²) in [6.07, 6.45) is -9.72. The van der Waals surface area contributed by atoms with Gasteiger partial charge in [-0.05, 0) is 38.2 Å². The van der Waals surface area contributed by atoms with Crippen LogP contribution in [0.3, 0.4) is 0 Å². The zero-order chi connectivity index (χ0) is 49.4. The van der Waals surface area contributed by atoms with E-state index in [2.05, 4.69) is 41.0 Å². The molecule has 18 nitrogen and oxygen atoms in total. The van der Waals surface area contributed by atoms with Gasteiger partial charge in [-0.3, -0.25) is 14.5 Å². The van der Waals surface area contributed by atoms with E-state index in [1.54, 1.807) is 6.20 Å². The van der Waals surface area contributed by atoms with E-state index in [4.69, 9.17) is 34.4 Å². The number of carboxylic acid groups (broad SMARTS) is 3. The number of halogens is 12. The Hall–Kier alpha value is -6.35. The van der Waals surface area contributed by atoms with Crippen LogP contribution in [0.4, 0.5) is 52.7 Å². The number of H-pyrrole nitrogens is 1. The third-order valence-corrected chi connectivity index (χ3v) is 9.92. The van der Waals surface area contributed by atoms with Crippen LogP contribution in [0.2, 0.25) is 0 Å². The number of β-amino-alcohol motifs (C(OH)–C–C–N with tert-alkyl or cyclic N) is 1. The molecule has 5 N–H and O–H groups in total. The molecular formula is C36H36F12N10O8. The van der Waals surface area contributed by atoms with E-state index in [0.29, 0.717) is 51.9 Å². The summed E-state index contributed by atoms with van der Waals surface area (Å²) in [6, 6.07) is 6.03. The number of aliphatic hydroxyl groups is 1. The first kappa shape index (κ1) is 52.3. The predicted molar refractivity (Wildman–Crippen MR) is 196 cm³/mol. The zero-order valence-corrected chi connectivity index (χ0v) is 33.5. The lowest BCUT2D eigenvalue weighted by atomic mass is 9.82. The molecule has 362 valence electrons. The highest BCUT2D eigenvalue weighted by Crippen LogP contribution is 2.39. The number of aromatic nitrogens is 7. The van der Waals surface area contributed by atoms with Crippen molar-refractivity contribution in [3.63, 3.8) is 0 Å².